The zero-order valence-corrected chi connectivity index (χ0v) is 8.30. The van der Waals surface area contributed by atoms with E-state index < -0.39 is 11.0 Å². The molecule has 76 valence electrons. The van der Waals surface area contributed by atoms with Gasteiger partial charge in [-0.3, -0.25) is 4.79 Å². The fourth-order valence-electron chi connectivity index (χ4n) is 1.13. The number of amides is 1. The number of hydrogen-bond acceptors (Lipinski definition) is 3. The summed E-state index contributed by atoms with van der Waals surface area (Å²) in [6.45, 7) is 2.63. The van der Waals surface area contributed by atoms with Crippen molar-refractivity contribution in [1.29, 1.82) is 0 Å². The Morgan fingerprint density at radius 2 is 2.54 bits per heavy atom. The van der Waals surface area contributed by atoms with E-state index in [2.05, 4.69) is 5.32 Å². The molecule has 2 N–H and O–H groups in total. The molecular formula is C8H14ClNO3. The Labute approximate surface area is 82.2 Å². The van der Waals surface area contributed by atoms with Gasteiger partial charge in [0.2, 0.25) is 5.91 Å². The van der Waals surface area contributed by atoms with Gasteiger partial charge >= 0.3 is 0 Å². The van der Waals surface area contributed by atoms with Gasteiger partial charge in [-0.15, -0.1) is 11.6 Å². The Balaban J connectivity index is 2.29. The maximum absolute atomic E-state index is 11.0. The zero-order chi connectivity index (χ0) is 9.90. The van der Waals surface area contributed by atoms with Crippen LogP contribution in [0.4, 0.5) is 0 Å². The molecule has 5 heteroatoms. The van der Waals surface area contributed by atoms with Gasteiger partial charge in [0.1, 0.15) is 11.0 Å². The lowest BCUT2D eigenvalue weighted by Gasteiger charge is -2.20. The van der Waals surface area contributed by atoms with E-state index in [0.29, 0.717) is 13.0 Å². The standard InChI is InChI=1S/C8H14ClNO3/c1-6(9)7(11)10-4-8(12)2-3-13-5-8/h6,12H,2-5H2,1H3,(H,10,11). The van der Waals surface area contributed by atoms with Crippen LogP contribution in [-0.4, -0.2) is 41.8 Å². The molecule has 1 amide bonds. The molecule has 0 spiro atoms. The third-order valence-corrected chi connectivity index (χ3v) is 2.23. The molecule has 4 nitrogen and oxygen atoms in total. The molecular weight excluding hydrogens is 194 g/mol. The summed E-state index contributed by atoms with van der Waals surface area (Å²) in [5, 5.41) is 11.7. The minimum atomic E-state index is -0.901. The molecule has 0 aliphatic carbocycles. The summed E-state index contributed by atoms with van der Waals surface area (Å²) in [7, 11) is 0. The number of halogens is 1. The highest BCUT2D eigenvalue weighted by molar-refractivity contribution is 6.30. The predicted molar refractivity (Wildman–Crippen MR) is 48.7 cm³/mol. The van der Waals surface area contributed by atoms with Crippen LogP contribution < -0.4 is 5.32 Å². The Kier molecular flexibility index (Phi) is 3.53. The first kappa shape index (κ1) is 10.8. The molecule has 1 rings (SSSR count). The fraction of sp³-hybridized carbons (Fsp3) is 0.875. The summed E-state index contributed by atoms with van der Waals surface area (Å²) in [5.41, 5.74) is -0.901. The van der Waals surface area contributed by atoms with Crippen molar-refractivity contribution in [2.24, 2.45) is 0 Å². The van der Waals surface area contributed by atoms with E-state index in [9.17, 15) is 9.90 Å². The quantitative estimate of drug-likeness (QED) is 0.635. The van der Waals surface area contributed by atoms with E-state index in [1.54, 1.807) is 6.92 Å². The molecule has 0 aromatic carbocycles. The van der Waals surface area contributed by atoms with Crippen molar-refractivity contribution in [3.63, 3.8) is 0 Å². The molecule has 0 saturated carbocycles. The maximum Gasteiger partial charge on any atom is 0.237 e. The highest BCUT2D eigenvalue weighted by atomic mass is 35.5. The first-order valence-corrected chi connectivity index (χ1v) is 4.69. The van der Waals surface area contributed by atoms with Crippen LogP contribution in [0.1, 0.15) is 13.3 Å². The second-order valence-electron chi connectivity index (χ2n) is 3.36. The Morgan fingerprint density at radius 1 is 1.85 bits per heavy atom. The lowest BCUT2D eigenvalue weighted by atomic mass is 10.0. The average molecular weight is 208 g/mol. The number of carbonyl (C=O) groups excluding carboxylic acids is 1. The summed E-state index contributed by atoms with van der Waals surface area (Å²) in [4.78, 5) is 11.0. The smallest absolute Gasteiger partial charge is 0.237 e. The van der Waals surface area contributed by atoms with E-state index in [1.165, 1.54) is 0 Å². The van der Waals surface area contributed by atoms with Crippen molar-refractivity contribution >= 4 is 17.5 Å². The normalized spacial score (nSPS) is 30.1. The van der Waals surface area contributed by atoms with Gasteiger partial charge in [-0.2, -0.15) is 0 Å². The summed E-state index contributed by atoms with van der Waals surface area (Å²) < 4.78 is 5.02. The highest BCUT2D eigenvalue weighted by Crippen LogP contribution is 2.16. The van der Waals surface area contributed by atoms with E-state index in [-0.39, 0.29) is 19.1 Å². The largest absolute Gasteiger partial charge is 0.386 e. The molecule has 2 unspecified atom stereocenters. The summed E-state index contributed by atoms with van der Waals surface area (Å²) in [6.07, 6.45) is 0.559. The molecule has 13 heavy (non-hydrogen) atoms. The molecule has 1 heterocycles. The second kappa shape index (κ2) is 4.26. The van der Waals surface area contributed by atoms with E-state index in [1.807, 2.05) is 0 Å². The molecule has 0 aromatic heterocycles. The third-order valence-electron chi connectivity index (χ3n) is 2.04. The van der Waals surface area contributed by atoms with Crippen LogP contribution >= 0.6 is 11.6 Å². The van der Waals surface area contributed by atoms with Crippen LogP contribution in [0.25, 0.3) is 0 Å². The van der Waals surface area contributed by atoms with Crippen LogP contribution in [0.15, 0.2) is 0 Å². The topological polar surface area (TPSA) is 58.6 Å². The number of ether oxygens (including phenoxy) is 1. The number of aliphatic hydroxyl groups is 1. The van der Waals surface area contributed by atoms with Crippen LogP contribution in [0.3, 0.4) is 0 Å². The third kappa shape index (κ3) is 3.14. The van der Waals surface area contributed by atoms with Gasteiger partial charge in [0.25, 0.3) is 0 Å². The molecule has 1 fully saturated rings. The SMILES string of the molecule is CC(Cl)C(=O)NCC1(O)CCOC1. The number of nitrogens with one attached hydrogen (secondary N) is 1. The van der Waals surface area contributed by atoms with Crippen LogP contribution in [-0.2, 0) is 9.53 Å². The van der Waals surface area contributed by atoms with Crippen molar-refractivity contribution in [2.45, 2.75) is 24.3 Å². The zero-order valence-electron chi connectivity index (χ0n) is 7.55. The average Bonchev–Trinajstić information content (AvgIpc) is 2.48. The van der Waals surface area contributed by atoms with Gasteiger partial charge in [0, 0.05) is 19.6 Å². The Bertz CT molecular complexity index is 190. The lowest BCUT2D eigenvalue weighted by molar-refractivity contribution is -0.121. The molecule has 1 aliphatic heterocycles. The molecule has 2 atom stereocenters. The molecule has 0 aromatic rings. The molecule has 1 aliphatic rings. The first-order valence-electron chi connectivity index (χ1n) is 4.25. The van der Waals surface area contributed by atoms with Gasteiger partial charge in [-0.05, 0) is 6.92 Å². The Morgan fingerprint density at radius 3 is 3.00 bits per heavy atom. The van der Waals surface area contributed by atoms with Gasteiger partial charge in [0.15, 0.2) is 0 Å². The van der Waals surface area contributed by atoms with E-state index in [4.69, 9.17) is 16.3 Å². The predicted octanol–water partition coefficient (Wildman–Crippen LogP) is -0.119. The molecule has 1 saturated heterocycles. The van der Waals surface area contributed by atoms with Crippen LogP contribution in [0.5, 0.6) is 0 Å². The maximum atomic E-state index is 11.0. The van der Waals surface area contributed by atoms with Gasteiger partial charge in [0.05, 0.1) is 6.61 Å². The van der Waals surface area contributed by atoms with Crippen molar-refractivity contribution in [3.8, 4) is 0 Å². The summed E-state index contributed by atoms with van der Waals surface area (Å²) in [6, 6.07) is 0. The van der Waals surface area contributed by atoms with Crippen LogP contribution in [0, 0.1) is 0 Å². The minimum Gasteiger partial charge on any atom is -0.386 e. The van der Waals surface area contributed by atoms with E-state index in [0.717, 1.165) is 0 Å². The summed E-state index contributed by atoms with van der Waals surface area (Å²) >= 11 is 5.53. The lowest BCUT2D eigenvalue weighted by Crippen LogP contribution is -2.45. The van der Waals surface area contributed by atoms with Crippen LogP contribution in [0.2, 0.25) is 0 Å². The molecule has 0 bridgehead atoms. The highest BCUT2D eigenvalue weighted by Gasteiger charge is 2.32. The second-order valence-corrected chi connectivity index (χ2v) is 4.02. The van der Waals surface area contributed by atoms with Gasteiger partial charge < -0.3 is 15.2 Å². The van der Waals surface area contributed by atoms with Crippen molar-refractivity contribution in [2.75, 3.05) is 19.8 Å². The summed E-state index contributed by atoms with van der Waals surface area (Å²) in [5.74, 6) is -0.262. The van der Waals surface area contributed by atoms with Crippen molar-refractivity contribution in [3.05, 3.63) is 0 Å². The monoisotopic (exact) mass is 207 g/mol. The number of alkyl halides is 1. The van der Waals surface area contributed by atoms with E-state index >= 15 is 0 Å². The fourth-order valence-corrected chi connectivity index (χ4v) is 1.21. The van der Waals surface area contributed by atoms with Gasteiger partial charge in [-0.1, -0.05) is 0 Å². The Hall–Kier alpha value is -0.320. The number of carbonyl (C=O) groups is 1. The number of hydrogen-bond donors (Lipinski definition) is 2. The van der Waals surface area contributed by atoms with Crippen molar-refractivity contribution < 1.29 is 14.6 Å². The van der Waals surface area contributed by atoms with Gasteiger partial charge in [-0.25, -0.2) is 0 Å². The first-order chi connectivity index (χ1) is 6.03. The molecule has 0 radical (unpaired) electrons. The number of rotatable bonds is 3. The van der Waals surface area contributed by atoms with Crippen molar-refractivity contribution in [1.82, 2.24) is 5.32 Å². The minimum absolute atomic E-state index is 0.211.